The smallest absolute Gasteiger partial charge is 0.220 e. The summed E-state index contributed by atoms with van der Waals surface area (Å²) in [6.07, 6.45) is 38.3. The number of aliphatic hydroxyl groups is 2. The van der Waals surface area contributed by atoms with Gasteiger partial charge in [0.05, 0.1) is 18.8 Å². The van der Waals surface area contributed by atoms with Gasteiger partial charge in [0.2, 0.25) is 5.91 Å². The Bertz CT molecular complexity index is 536. The standard InChI is InChI=1S/C36H71NO3/c1-3-5-7-9-11-13-15-17-18-20-22-24-26-28-30-32-36(40)37-34(33-38)35(39)31-29-27-25-23-21-19-16-14-12-10-8-6-4-2/h17-18,34-35,38-39H,3-16,19-33H2,1-2H3,(H,37,40)/b18-17+/t34-,35+/m0/s1. The Kier molecular flexibility index (Phi) is 31.9. The molecule has 40 heavy (non-hydrogen) atoms. The molecular formula is C36H71NO3. The van der Waals surface area contributed by atoms with Crippen molar-refractivity contribution in [1.29, 1.82) is 0 Å². The van der Waals surface area contributed by atoms with Gasteiger partial charge in [-0.05, 0) is 38.5 Å². The highest BCUT2D eigenvalue weighted by molar-refractivity contribution is 5.76. The lowest BCUT2D eigenvalue weighted by atomic mass is 10.0. The number of carbonyl (C=O) groups is 1. The van der Waals surface area contributed by atoms with Crippen LogP contribution in [0.15, 0.2) is 12.2 Å². The van der Waals surface area contributed by atoms with Crippen LogP contribution in [0.5, 0.6) is 0 Å². The van der Waals surface area contributed by atoms with Gasteiger partial charge < -0.3 is 15.5 Å². The molecule has 0 aromatic heterocycles. The first-order chi connectivity index (χ1) is 19.7. The average molecular weight is 566 g/mol. The number of rotatable bonds is 32. The average Bonchev–Trinajstić information content (AvgIpc) is 2.96. The summed E-state index contributed by atoms with van der Waals surface area (Å²) < 4.78 is 0. The fourth-order valence-electron chi connectivity index (χ4n) is 5.47. The molecule has 0 unspecified atom stereocenters. The minimum atomic E-state index is -0.657. The summed E-state index contributed by atoms with van der Waals surface area (Å²) in [5.41, 5.74) is 0. The predicted octanol–water partition coefficient (Wildman–Crippen LogP) is 10.3. The van der Waals surface area contributed by atoms with Gasteiger partial charge >= 0.3 is 0 Å². The van der Waals surface area contributed by atoms with E-state index >= 15 is 0 Å². The number of hydrogen-bond donors (Lipinski definition) is 3. The minimum Gasteiger partial charge on any atom is -0.394 e. The molecule has 0 aromatic rings. The summed E-state index contributed by atoms with van der Waals surface area (Å²) in [7, 11) is 0. The number of allylic oxidation sites excluding steroid dienone is 2. The maximum atomic E-state index is 12.3. The Morgan fingerprint density at radius 1 is 0.575 bits per heavy atom. The number of nitrogens with one attached hydrogen (secondary N) is 1. The van der Waals surface area contributed by atoms with Crippen molar-refractivity contribution < 1.29 is 15.0 Å². The third-order valence-corrected chi connectivity index (χ3v) is 8.28. The van der Waals surface area contributed by atoms with Crippen LogP contribution in [0.1, 0.15) is 194 Å². The van der Waals surface area contributed by atoms with Gasteiger partial charge in [-0.2, -0.15) is 0 Å². The molecule has 0 bridgehead atoms. The topological polar surface area (TPSA) is 69.6 Å². The van der Waals surface area contributed by atoms with Gasteiger partial charge in [-0.1, -0.05) is 161 Å². The Balaban J connectivity index is 3.58. The lowest BCUT2D eigenvalue weighted by Gasteiger charge is -2.22. The molecule has 0 aliphatic heterocycles. The first kappa shape index (κ1) is 39.1. The molecule has 0 heterocycles. The fraction of sp³-hybridized carbons (Fsp3) is 0.917. The quantitative estimate of drug-likeness (QED) is 0.0561. The van der Waals surface area contributed by atoms with Crippen LogP contribution in [-0.2, 0) is 4.79 Å². The van der Waals surface area contributed by atoms with E-state index in [0.29, 0.717) is 12.8 Å². The zero-order valence-corrected chi connectivity index (χ0v) is 27.1. The molecule has 0 aliphatic carbocycles. The van der Waals surface area contributed by atoms with Crippen molar-refractivity contribution in [2.45, 2.75) is 206 Å². The van der Waals surface area contributed by atoms with Crippen LogP contribution in [0.25, 0.3) is 0 Å². The number of aliphatic hydroxyl groups excluding tert-OH is 2. The van der Waals surface area contributed by atoms with E-state index in [1.807, 2.05) is 0 Å². The predicted molar refractivity (Wildman–Crippen MR) is 175 cm³/mol. The molecule has 0 aliphatic rings. The summed E-state index contributed by atoms with van der Waals surface area (Å²) in [5.74, 6) is -0.0407. The van der Waals surface area contributed by atoms with Crippen molar-refractivity contribution in [2.75, 3.05) is 6.61 Å². The van der Waals surface area contributed by atoms with E-state index in [9.17, 15) is 15.0 Å². The van der Waals surface area contributed by atoms with Crippen molar-refractivity contribution in [1.82, 2.24) is 5.32 Å². The van der Waals surface area contributed by atoms with Crippen LogP contribution in [0, 0.1) is 0 Å². The molecule has 0 spiro atoms. The monoisotopic (exact) mass is 566 g/mol. The second-order valence-electron chi connectivity index (χ2n) is 12.3. The second-order valence-corrected chi connectivity index (χ2v) is 12.3. The highest BCUT2D eigenvalue weighted by Gasteiger charge is 2.19. The molecule has 0 radical (unpaired) electrons. The molecule has 0 aromatic carbocycles. The molecular weight excluding hydrogens is 494 g/mol. The summed E-state index contributed by atoms with van der Waals surface area (Å²) in [6, 6.07) is -0.534. The zero-order valence-electron chi connectivity index (χ0n) is 27.1. The highest BCUT2D eigenvalue weighted by atomic mass is 16.3. The third-order valence-electron chi connectivity index (χ3n) is 8.28. The van der Waals surface area contributed by atoms with Crippen LogP contribution in [0.4, 0.5) is 0 Å². The Morgan fingerprint density at radius 3 is 1.38 bits per heavy atom. The van der Waals surface area contributed by atoms with E-state index in [0.717, 1.165) is 25.7 Å². The Labute approximate surface area is 250 Å². The van der Waals surface area contributed by atoms with E-state index in [1.165, 1.54) is 141 Å². The summed E-state index contributed by atoms with van der Waals surface area (Å²) in [5, 5.41) is 23.0. The molecule has 0 rings (SSSR count). The lowest BCUT2D eigenvalue weighted by Crippen LogP contribution is -2.45. The van der Waals surface area contributed by atoms with E-state index < -0.39 is 12.1 Å². The first-order valence-corrected chi connectivity index (χ1v) is 17.9. The Morgan fingerprint density at radius 2 is 0.950 bits per heavy atom. The molecule has 4 nitrogen and oxygen atoms in total. The van der Waals surface area contributed by atoms with Crippen LogP contribution < -0.4 is 5.32 Å². The van der Waals surface area contributed by atoms with Gasteiger partial charge in [-0.25, -0.2) is 0 Å². The van der Waals surface area contributed by atoms with Crippen molar-refractivity contribution in [3.63, 3.8) is 0 Å². The minimum absolute atomic E-state index is 0.0407. The maximum absolute atomic E-state index is 12.3. The molecule has 4 heteroatoms. The molecule has 238 valence electrons. The number of carbonyl (C=O) groups excluding carboxylic acids is 1. The lowest BCUT2D eigenvalue weighted by molar-refractivity contribution is -0.123. The van der Waals surface area contributed by atoms with Crippen LogP contribution >= 0.6 is 0 Å². The van der Waals surface area contributed by atoms with E-state index in [4.69, 9.17) is 0 Å². The third kappa shape index (κ3) is 28.7. The van der Waals surface area contributed by atoms with E-state index in [-0.39, 0.29) is 12.5 Å². The number of hydrogen-bond acceptors (Lipinski definition) is 3. The van der Waals surface area contributed by atoms with Gasteiger partial charge in [0, 0.05) is 6.42 Å². The molecule has 0 saturated carbocycles. The summed E-state index contributed by atoms with van der Waals surface area (Å²) in [4.78, 5) is 12.3. The van der Waals surface area contributed by atoms with Crippen LogP contribution in [-0.4, -0.2) is 34.9 Å². The fourth-order valence-corrected chi connectivity index (χ4v) is 5.47. The zero-order chi connectivity index (χ0) is 29.4. The van der Waals surface area contributed by atoms with Gasteiger partial charge in [0.25, 0.3) is 0 Å². The van der Waals surface area contributed by atoms with Crippen molar-refractivity contribution in [3.05, 3.63) is 12.2 Å². The Hall–Kier alpha value is -0.870. The van der Waals surface area contributed by atoms with Crippen molar-refractivity contribution >= 4 is 5.91 Å². The second kappa shape index (κ2) is 32.6. The van der Waals surface area contributed by atoms with Crippen LogP contribution in [0.2, 0.25) is 0 Å². The highest BCUT2D eigenvalue weighted by Crippen LogP contribution is 2.15. The largest absolute Gasteiger partial charge is 0.394 e. The van der Waals surface area contributed by atoms with Crippen molar-refractivity contribution in [3.8, 4) is 0 Å². The SMILES string of the molecule is CCCCCCCC/C=C/CCCCCCCC(=O)N[C@@H](CO)[C@H](O)CCCCCCCCCCCCCCC. The maximum Gasteiger partial charge on any atom is 0.220 e. The van der Waals surface area contributed by atoms with E-state index in [1.54, 1.807) is 0 Å². The van der Waals surface area contributed by atoms with Gasteiger partial charge in [0.1, 0.15) is 0 Å². The van der Waals surface area contributed by atoms with Crippen LogP contribution in [0.3, 0.4) is 0 Å². The molecule has 2 atom stereocenters. The molecule has 3 N–H and O–H groups in total. The molecule has 0 saturated heterocycles. The summed E-state index contributed by atoms with van der Waals surface area (Å²) in [6.45, 7) is 4.34. The van der Waals surface area contributed by atoms with E-state index in [2.05, 4.69) is 31.3 Å². The van der Waals surface area contributed by atoms with Gasteiger partial charge in [-0.3, -0.25) is 4.79 Å². The van der Waals surface area contributed by atoms with Gasteiger partial charge in [-0.15, -0.1) is 0 Å². The molecule has 1 amide bonds. The normalized spacial score (nSPS) is 13.2. The number of amides is 1. The number of unbranched alkanes of at least 4 members (excludes halogenated alkanes) is 23. The van der Waals surface area contributed by atoms with Gasteiger partial charge in [0.15, 0.2) is 0 Å². The van der Waals surface area contributed by atoms with Crippen molar-refractivity contribution in [2.24, 2.45) is 0 Å². The summed E-state index contributed by atoms with van der Waals surface area (Å²) >= 11 is 0. The molecule has 0 fully saturated rings. The first-order valence-electron chi connectivity index (χ1n) is 17.9.